The van der Waals surface area contributed by atoms with Crippen LogP contribution in [0.1, 0.15) is 0 Å². The summed E-state index contributed by atoms with van der Waals surface area (Å²) in [4.78, 5) is 18.1. The van der Waals surface area contributed by atoms with E-state index in [1.54, 1.807) is 48.6 Å². The molecule has 8 bridgehead atoms. The molecule has 0 fully saturated rings. The lowest BCUT2D eigenvalue weighted by atomic mass is 10.2. The molecular formula is C20H14N12. The van der Waals surface area contributed by atoms with Crippen LogP contribution >= 0.6 is 0 Å². The Morgan fingerprint density at radius 2 is 0.875 bits per heavy atom. The summed E-state index contributed by atoms with van der Waals surface area (Å²) < 4.78 is 0. The molecule has 154 valence electrons. The van der Waals surface area contributed by atoms with Crippen LogP contribution in [0, 0.1) is 16.6 Å². The van der Waals surface area contributed by atoms with Gasteiger partial charge in [0.1, 0.15) is 22.8 Å². The van der Waals surface area contributed by atoms with E-state index in [9.17, 15) is 0 Å². The van der Waals surface area contributed by atoms with E-state index in [1.807, 2.05) is 0 Å². The van der Waals surface area contributed by atoms with Crippen molar-refractivity contribution in [3.8, 4) is 0 Å². The summed E-state index contributed by atoms with van der Waals surface area (Å²) in [5, 5.41) is 10.8. The third-order valence-electron chi connectivity index (χ3n) is 5.01. The molecule has 0 atom stereocenters. The zero-order valence-corrected chi connectivity index (χ0v) is 16.3. The van der Waals surface area contributed by atoms with Crippen molar-refractivity contribution in [1.82, 2.24) is 5.43 Å². The Bertz CT molecular complexity index is 1370. The highest BCUT2D eigenvalue weighted by Crippen LogP contribution is 2.29. The molecule has 5 rings (SSSR count). The number of aliphatic imine (C=N–C) groups is 4. The molecular weight excluding hydrogens is 408 g/mol. The molecule has 0 unspecified atom stereocenters. The van der Waals surface area contributed by atoms with Crippen molar-refractivity contribution in [1.29, 1.82) is 16.6 Å². The van der Waals surface area contributed by atoms with Gasteiger partial charge in [-0.1, -0.05) is 0 Å². The Balaban J connectivity index is 1.82. The Morgan fingerprint density at radius 3 is 1.28 bits per heavy atom. The number of fused-ring (bicyclic) bond motifs is 4. The van der Waals surface area contributed by atoms with Crippen molar-refractivity contribution >= 4 is 22.8 Å². The third kappa shape index (κ3) is 2.90. The molecule has 0 aromatic heterocycles. The quantitative estimate of drug-likeness (QED) is 0.263. The normalized spacial score (nSPS) is 20.8. The van der Waals surface area contributed by atoms with Crippen molar-refractivity contribution in [2.75, 3.05) is 0 Å². The van der Waals surface area contributed by atoms with Crippen LogP contribution < -0.4 is 11.3 Å². The lowest BCUT2D eigenvalue weighted by molar-refractivity contribution is 0.917. The number of hydrogen-bond acceptors (Lipinski definition) is 12. The molecule has 0 amide bonds. The van der Waals surface area contributed by atoms with E-state index in [0.717, 1.165) is 0 Å². The number of nitrogens with one attached hydrogen (secondary N) is 4. The Hall–Kier alpha value is -4.84. The van der Waals surface area contributed by atoms with Gasteiger partial charge in [-0.15, -0.1) is 0 Å². The smallest absolute Gasteiger partial charge is 0.136 e. The second-order valence-corrected chi connectivity index (χ2v) is 6.76. The average molecular weight is 422 g/mol. The molecule has 6 N–H and O–H groups in total. The van der Waals surface area contributed by atoms with E-state index in [1.165, 1.54) is 0 Å². The number of hydrazine groups is 1. The van der Waals surface area contributed by atoms with Gasteiger partial charge in [0.25, 0.3) is 0 Å². The van der Waals surface area contributed by atoms with Gasteiger partial charge in [0.2, 0.25) is 0 Å². The van der Waals surface area contributed by atoms with Gasteiger partial charge < -0.3 is 5.43 Å². The Morgan fingerprint density at radius 1 is 0.531 bits per heavy atom. The Kier molecular flexibility index (Phi) is 4.45. The number of rotatable bonds is 4. The molecule has 0 saturated carbocycles. The maximum absolute atomic E-state index is 7.65. The number of nitrogens with zero attached hydrogens (tertiary/aromatic N) is 7. The molecule has 0 spiro atoms. The van der Waals surface area contributed by atoms with E-state index in [-0.39, 0.29) is 17.1 Å². The molecule has 0 radical (unpaired) electrons. The fourth-order valence-corrected chi connectivity index (χ4v) is 3.53. The molecule has 0 aliphatic carbocycles. The minimum atomic E-state index is 0.235. The second-order valence-electron chi connectivity index (χ2n) is 6.76. The van der Waals surface area contributed by atoms with Gasteiger partial charge >= 0.3 is 0 Å². The van der Waals surface area contributed by atoms with Gasteiger partial charge in [-0.05, 0) is 48.6 Å². The predicted octanol–water partition coefficient (Wildman–Crippen LogP) is 3.45. The first-order chi connectivity index (χ1) is 15.7. The van der Waals surface area contributed by atoms with Crippen molar-refractivity contribution in [2.24, 2.45) is 41.2 Å². The van der Waals surface area contributed by atoms with Crippen LogP contribution in [-0.2, 0) is 0 Å². The standard InChI is InChI=1S/C20H14N12/c21-29-17-9-1-2-10(25-9)18(30-22)12-5-6-14(27-12)20(32-24)16-8-7-15(28-16)19(31-23)13-4-3-11(17)26-13/h1-8,21-23,32H,24H2. The molecule has 0 aromatic rings. The lowest BCUT2D eigenvalue weighted by Gasteiger charge is -2.07. The number of allylic oxidation sites excluding steroid dienone is 8. The van der Waals surface area contributed by atoms with Gasteiger partial charge in [0.05, 0.1) is 45.6 Å². The average Bonchev–Trinajstić information content (AvgIpc) is 3.59. The summed E-state index contributed by atoms with van der Waals surface area (Å²) in [5.41, 5.74) is 30.2. The van der Waals surface area contributed by atoms with Crippen LogP contribution in [0.4, 0.5) is 0 Å². The maximum atomic E-state index is 7.65. The van der Waals surface area contributed by atoms with Crippen molar-refractivity contribution in [3.05, 3.63) is 94.2 Å². The number of hydrogen-bond donors (Lipinski definition) is 5. The first-order valence-electron chi connectivity index (χ1n) is 9.31. The van der Waals surface area contributed by atoms with Crippen LogP contribution in [-0.4, -0.2) is 22.8 Å². The predicted molar refractivity (Wildman–Crippen MR) is 117 cm³/mol. The van der Waals surface area contributed by atoms with Gasteiger partial charge in [-0.25, -0.2) is 36.6 Å². The van der Waals surface area contributed by atoms with E-state index in [2.05, 4.69) is 40.7 Å². The molecule has 5 aliphatic rings. The number of nitrogens with two attached hydrogens (primary N) is 1. The summed E-state index contributed by atoms with van der Waals surface area (Å²) >= 11 is 0. The highest BCUT2D eigenvalue weighted by atomic mass is 15.2. The van der Waals surface area contributed by atoms with Crippen LogP contribution in [0.15, 0.2) is 129 Å². The summed E-state index contributed by atoms with van der Waals surface area (Å²) in [5.74, 6) is 5.76. The lowest BCUT2D eigenvalue weighted by Crippen LogP contribution is -2.26. The van der Waals surface area contributed by atoms with E-state index in [0.29, 0.717) is 51.3 Å². The van der Waals surface area contributed by atoms with Crippen LogP contribution in [0.2, 0.25) is 0 Å². The van der Waals surface area contributed by atoms with Crippen molar-refractivity contribution in [2.45, 2.75) is 0 Å². The fraction of sp³-hybridized carbons (Fsp3) is 0. The van der Waals surface area contributed by atoms with Crippen LogP contribution in [0.5, 0.6) is 0 Å². The highest BCUT2D eigenvalue weighted by molar-refractivity contribution is 6.18. The first-order valence-corrected chi connectivity index (χ1v) is 9.31. The summed E-state index contributed by atoms with van der Waals surface area (Å²) in [7, 11) is 0. The summed E-state index contributed by atoms with van der Waals surface area (Å²) in [6.07, 6.45) is 13.6. The Labute approximate surface area is 180 Å². The largest absolute Gasteiger partial charge is 0.320 e. The molecule has 5 aliphatic heterocycles. The summed E-state index contributed by atoms with van der Waals surface area (Å²) in [6, 6.07) is 0. The maximum Gasteiger partial charge on any atom is 0.136 e. The van der Waals surface area contributed by atoms with Gasteiger partial charge in [-0.2, -0.15) is 15.3 Å². The zero-order valence-electron chi connectivity index (χ0n) is 16.3. The molecule has 0 saturated heterocycles. The van der Waals surface area contributed by atoms with E-state index >= 15 is 0 Å². The minimum absolute atomic E-state index is 0.235. The van der Waals surface area contributed by atoms with Crippen molar-refractivity contribution < 1.29 is 0 Å². The molecule has 12 heteroatoms. The topological polar surface area (TPSA) is 196 Å². The van der Waals surface area contributed by atoms with Crippen LogP contribution in [0.3, 0.4) is 0 Å². The first kappa shape index (κ1) is 19.1. The molecule has 0 aromatic carbocycles. The van der Waals surface area contributed by atoms with Gasteiger partial charge in [0.15, 0.2) is 0 Å². The molecule has 32 heavy (non-hydrogen) atoms. The monoisotopic (exact) mass is 422 g/mol. The highest BCUT2D eigenvalue weighted by Gasteiger charge is 2.25. The minimum Gasteiger partial charge on any atom is -0.320 e. The second kappa shape index (κ2) is 7.45. The zero-order chi connectivity index (χ0) is 22.2. The fourth-order valence-electron chi connectivity index (χ4n) is 3.53. The summed E-state index contributed by atoms with van der Waals surface area (Å²) in [6.45, 7) is 0. The SMILES string of the molecule is N=NC1=C2C=CC(=N2)C(N=N)=C2C=CC(=N2)C(NN)=C2C=CC(=N2)C(N=N)=C2C=CC1=N2. The van der Waals surface area contributed by atoms with Gasteiger partial charge in [0, 0.05) is 0 Å². The molecule has 12 nitrogen and oxygen atoms in total. The van der Waals surface area contributed by atoms with E-state index in [4.69, 9.17) is 22.4 Å². The third-order valence-corrected chi connectivity index (χ3v) is 5.01. The van der Waals surface area contributed by atoms with E-state index < -0.39 is 0 Å². The van der Waals surface area contributed by atoms with Gasteiger partial charge in [-0.3, -0.25) is 5.84 Å². The van der Waals surface area contributed by atoms with Crippen LogP contribution in [0.25, 0.3) is 0 Å². The molecule has 5 heterocycles. The van der Waals surface area contributed by atoms with Crippen molar-refractivity contribution in [3.63, 3.8) is 0 Å².